The highest BCUT2D eigenvalue weighted by Crippen LogP contribution is 2.11. The average molecular weight is 304 g/mol. The Morgan fingerprint density at radius 1 is 1.14 bits per heavy atom. The molecule has 0 bridgehead atoms. The van der Waals surface area contributed by atoms with Crippen molar-refractivity contribution in [2.75, 3.05) is 39.8 Å². The molecule has 1 aromatic rings. The molecule has 1 aromatic carbocycles. The molecule has 0 aromatic heterocycles. The SMILES string of the molecule is CCCN(CC=C(C)C)CCNCCc1ccc(OC)cc1. The maximum absolute atomic E-state index is 5.18. The highest BCUT2D eigenvalue weighted by Gasteiger charge is 2.01. The van der Waals surface area contributed by atoms with Gasteiger partial charge in [0, 0.05) is 19.6 Å². The van der Waals surface area contributed by atoms with E-state index in [4.69, 9.17) is 4.74 Å². The smallest absolute Gasteiger partial charge is 0.118 e. The van der Waals surface area contributed by atoms with E-state index in [1.807, 2.05) is 12.1 Å². The minimum absolute atomic E-state index is 0.922. The molecule has 3 nitrogen and oxygen atoms in total. The molecule has 0 saturated carbocycles. The Kier molecular flexibility index (Phi) is 9.60. The molecular formula is C19H32N2O. The summed E-state index contributed by atoms with van der Waals surface area (Å²) in [6, 6.07) is 8.33. The van der Waals surface area contributed by atoms with Crippen molar-refractivity contribution in [2.45, 2.75) is 33.6 Å². The molecule has 0 heterocycles. The lowest BCUT2D eigenvalue weighted by Crippen LogP contribution is -2.33. The van der Waals surface area contributed by atoms with Crippen LogP contribution < -0.4 is 10.1 Å². The van der Waals surface area contributed by atoms with E-state index in [0.29, 0.717) is 0 Å². The Bertz CT molecular complexity index is 422. The van der Waals surface area contributed by atoms with Gasteiger partial charge in [0.2, 0.25) is 0 Å². The van der Waals surface area contributed by atoms with Crippen molar-refractivity contribution in [2.24, 2.45) is 0 Å². The van der Waals surface area contributed by atoms with E-state index in [2.05, 4.69) is 49.2 Å². The monoisotopic (exact) mass is 304 g/mol. The Hall–Kier alpha value is -1.32. The number of allylic oxidation sites excluding steroid dienone is 1. The summed E-state index contributed by atoms with van der Waals surface area (Å²) < 4.78 is 5.18. The molecule has 0 aliphatic heterocycles. The third-order valence-electron chi connectivity index (χ3n) is 3.65. The highest BCUT2D eigenvalue weighted by atomic mass is 16.5. The molecule has 0 amide bonds. The van der Waals surface area contributed by atoms with Gasteiger partial charge in [-0.25, -0.2) is 0 Å². The van der Waals surface area contributed by atoms with Gasteiger partial charge in [-0.2, -0.15) is 0 Å². The van der Waals surface area contributed by atoms with Crippen LogP contribution in [-0.2, 0) is 6.42 Å². The number of nitrogens with one attached hydrogen (secondary N) is 1. The van der Waals surface area contributed by atoms with Crippen LogP contribution in [-0.4, -0.2) is 44.7 Å². The van der Waals surface area contributed by atoms with Crippen LogP contribution in [0.1, 0.15) is 32.8 Å². The first-order valence-electron chi connectivity index (χ1n) is 8.35. The van der Waals surface area contributed by atoms with Crippen LogP contribution >= 0.6 is 0 Å². The van der Waals surface area contributed by atoms with Crippen molar-refractivity contribution in [1.82, 2.24) is 10.2 Å². The molecule has 0 aliphatic carbocycles. The van der Waals surface area contributed by atoms with E-state index in [0.717, 1.165) is 38.3 Å². The molecular weight excluding hydrogens is 272 g/mol. The summed E-state index contributed by atoms with van der Waals surface area (Å²) in [5.74, 6) is 0.922. The Labute approximate surface area is 136 Å². The third kappa shape index (κ3) is 8.20. The van der Waals surface area contributed by atoms with Crippen LogP contribution in [0, 0.1) is 0 Å². The summed E-state index contributed by atoms with van der Waals surface area (Å²) >= 11 is 0. The zero-order chi connectivity index (χ0) is 16.2. The predicted octanol–water partition coefficient (Wildman–Crippen LogP) is 3.51. The Morgan fingerprint density at radius 2 is 1.86 bits per heavy atom. The number of hydrogen-bond donors (Lipinski definition) is 1. The zero-order valence-corrected chi connectivity index (χ0v) is 14.7. The number of rotatable bonds is 11. The lowest BCUT2D eigenvalue weighted by molar-refractivity contribution is 0.301. The van der Waals surface area contributed by atoms with Gasteiger partial charge < -0.3 is 10.1 Å². The van der Waals surface area contributed by atoms with Gasteiger partial charge in [0.25, 0.3) is 0 Å². The molecule has 0 aliphatic rings. The summed E-state index contributed by atoms with van der Waals surface area (Å²) in [7, 11) is 1.70. The predicted molar refractivity (Wildman–Crippen MR) is 95.7 cm³/mol. The molecule has 0 spiro atoms. The molecule has 0 fully saturated rings. The van der Waals surface area contributed by atoms with Gasteiger partial charge in [-0.15, -0.1) is 0 Å². The lowest BCUT2D eigenvalue weighted by Gasteiger charge is -2.20. The first-order valence-corrected chi connectivity index (χ1v) is 8.35. The maximum atomic E-state index is 5.18. The van der Waals surface area contributed by atoms with Gasteiger partial charge in [-0.3, -0.25) is 4.90 Å². The van der Waals surface area contributed by atoms with Crippen LogP contribution in [0.2, 0.25) is 0 Å². The van der Waals surface area contributed by atoms with Crippen LogP contribution in [0.25, 0.3) is 0 Å². The minimum atomic E-state index is 0.922. The van der Waals surface area contributed by atoms with E-state index in [-0.39, 0.29) is 0 Å². The van der Waals surface area contributed by atoms with Gasteiger partial charge in [0.05, 0.1) is 7.11 Å². The zero-order valence-electron chi connectivity index (χ0n) is 14.7. The number of ether oxygens (including phenoxy) is 1. The molecule has 0 saturated heterocycles. The molecule has 0 radical (unpaired) electrons. The fraction of sp³-hybridized carbons (Fsp3) is 0.579. The summed E-state index contributed by atoms with van der Waals surface area (Å²) in [6.45, 7) is 12.0. The van der Waals surface area contributed by atoms with Gasteiger partial charge in [-0.1, -0.05) is 30.7 Å². The molecule has 3 heteroatoms. The standard InChI is InChI=1S/C19H32N2O/c1-5-14-21(15-11-17(2)3)16-13-20-12-10-18-6-8-19(22-4)9-7-18/h6-9,11,20H,5,10,12-16H2,1-4H3. The molecule has 0 unspecified atom stereocenters. The summed E-state index contributed by atoms with van der Waals surface area (Å²) in [5, 5.41) is 3.55. The molecule has 22 heavy (non-hydrogen) atoms. The van der Waals surface area contributed by atoms with E-state index in [9.17, 15) is 0 Å². The molecule has 1 rings (SSSR count). The summed E-state index contributed by atoms with van der Waals surface area (Å²) in [5.41, 5.74) is 2.75. The Morgan fingerprint density at radius 3 is 2.45 bits per heavy atom. The van der Waals surface area contributed by atoms with Crippen molar-refractivity contribution >= 4 is 0 Å². The van der Waals surface area contributed by atoms with E-state index in [1.54, 1.807) is 7.11 Å². The van der Waals surface area contributed by atoms with Crippen LogP contribution in [0.3, 0.4) is 0 Å². The highest BCUT2D eigenvalue weighted by molar-refractivity contribution is 5.27. The van der Waals surface area contributed by atoms with Crippen molar-refractivity contribution in [1.29, 1.82) is 0 Å². The van der Waals surface area contributed by atoms with Gasteiger partial charge in [0.15, 0.2) is 0 Å². The fourth-order valence-electron chi connectivity index (χ4n) is 2.31. The number of hydrogen-bond acceptors (Lipinski definition) is 3. The fourth-order valence-corrected chi connectivity index (χ4v) is 2.31. The number of nitrogens with zero attached hydrogens (tertiary/aromatic N) is 1. The molecule has 0 atom stereocenters. The second-order valence-corrected chi connectivity index (χ2v) is 5.93. The molecule has 124 valence electrons. The summed E-state index contributed by atoms with van der Waals surface area (Å²) in [6.07, 6.45) is 4.58. The first-order chi connectivity index (χ1) is 10.7. The summed E-state index contributed by atoms with van der Waals surface area (Å²) in [4.78, 5) is 2.51. The topological polar surface area (TPSA) is 24.5 Å². The van der Waals surface area contributed by atoms with Crippen molar-refractivity contribution < 1.29 is 4.74 Å². The van der Waals surface area contributed by atoms with Crippen LogP contribution in [0.4, 0.5) is 0 Å². The second kappa shape index (κ2) is 11.3. The minimum Gasteiger partial charge on any atom is -0.497 e. The van der Waals surface area contributed by atoms with Crippen molar-refractivity contribution in [3.8, 4) is 5.75 Å². The van der Waals surface area contributed by atoms with Crippen molar-refractivity contribution in [3.05, 3.63) is 41.5 Å². The number of methoxy groups -OCH3 is 1. The normalized spacial score (nSPS) is 10.8. The third-order valence-corrected chi connectivity index (χ3v) is 3.65. The van der Waals surface area contributed by atoms with Crippen LogP contribution in [0.15, 0.2) is 35.9 Å². The van der Waals surface area contributed by atoms with Crippen molar-refractivity contribution in [3.63, 3.8) is 0 Å². The number of benzene rings is 1. The molecule has 1 N–H and O–H groups in total. The quantitative estimate of drug-likeness (QED) is 0.500. The largest absolute Gasteiger partial charge is 0.497 e. The maximum Gasteiger partial charge on any atom is 0.118 e. The average Bonchev–Trinajstić information content (AvgIpc) is 2.52. The Balaban J connectivity index is 2.20. The van der Waals surface area contributed by atoms with Gasteiger partial charge in [-0.05, 0) is 57.5 Å². The van der Waals surface area contributed by atoms with E-state index >= 15 is 0 Å². The first kappa shape index (κ1) is 18.7. The van der Waals surface area contributed by atoms with E-state index < -0.39 is 0 Å². The van der Waals surface area contributed by atoms with Gasteiger partial charge >= 0.3 is 0 Å². The van der Waals surface area contributed by atoms with Crippen LogP contribution in [0.5, 0.6) is 5.75 Å². The lowest BCUT2D eigenvalue weighted by atomic mass is 10.1. The second-order valence-electron chi connectivity index (χ2n) is 5.93. The van der Waals surface area contributed by atoms with E-state index in [1.165, 1.54) is 24.1 Å². The van der Waals surface area contributed by atoms with Gasteiger partial charge in [0.1, 0.15) is 5.75 Å².